The number of hydrogen-bond acceptors (Lipinski definition) is 4. The topological polar surface area (TPSA) is 87.3 Å². The van der Waals surface area contributed by atoms with Gasteiger partial charge in [0.05, 0.1) is 0 Å². The highest BCUT2D eigenvalue weighted by atomic mass is 32.2. The molecule has 6 nitrogen and oxygen atoms in total. The van der Waals surface area contributed by atoms with Crippen molar-refractivity contribution in [3.63, 3.8) is 0 Å². The molecule has 142 valence electrons. The van der Waals surface area contributed by atoms with E-state index in [1.54, 1.807) is 48.2 Å². The number of hydrogen-bond donors (Lipinski definition) is 3. The molecule has 0 spiro atoms. The molecule has 0 fully saturated rings. The van der Waals surface area contributed by atoms with Crippen molar-refractivity contribution in [1.29, 1.82) is 0 Å². The van der Waals surface area contributed by atoms with Crippen molar-refractivity contribution >= 4 is 29.5 Å². The van der Waals surface area contributed by atoms with E-state index in [-0.39, 0.29) is 5.91 Å². The molecule has 2 rings (SSSR count). The molecular formula is C20H23N3O3S. The third-order valence-corrected chi connectivity index (χ3v) is 4.53. The van der Waals surface area contributed by atoms with Crippen LogP contribution in [0.25, 0.3) is 0 Å². The first-order chi connectivity index (χ1) is 13.0. The fourth-order valence-electron chi connectivity index (χ4n) is 2.32. The minimum Gasteiger partial charge on any atom is -0.340 e. The highest BCUT2D eigenvalue weighted by molar-refractivity contribution is 7.98. The lowest BCUT2D eigenvalue weighted by atomic mass is 10.1. The molecule has 0 saturated heterocycles. The third-order valence-electron chi connectivity index (χ3n) is 3.88. The number of amides is 3. The number of nitrogens with one attached hydrogen (secondary N) is 3. The summed E-state index contributed by atoms with van der Waals surface area (Å²) in [6, 6.07) is 14.9. The van der Waals surface area contributed by atoms with Gasteiger partial charge in [-0.25, -0.2) is 0 Å². The second kappa shape index (κ2) is 10.4. The molecule has 27 heavy (non-hydrogen) atoms. The van der Waals surface area contributed by atoms with Gasteiger partial charge in [-0.15, -0.1) is 0 Å². The van der Waals surface area contributed by atoms with Gasteiger partial charge in [0.25, 0.3) is 17.7 Å². The van der Waals surface area contributed by atoms with Crippen LogP contribution in [0.15, 0.2) is 54.6 Å². The normalized spacial score (nSPS) is 11.3. The molecule has 7 heteroatoms. The third kappa shape index (κ3) is 6.45. The Kier molecular flexibility index (Phi) is 7.88. The summed E-state index contributed by atoms with van der Waals surface area (Å²) in [4.78, 5) is 36.9. The Hall–Kier alpha value is -2.80. The molecular weight excluding hydrogens is 362 g/mol. The average Bonchev–Trinajstić information content (AvgIpc) is 2.70. The van der Waals surface area contributed by atoms with Gasteiger partial charge in [-0.1, -0.05) is 35.9 Å². The molecule has 2 aromatic carbocycles. The quantitative estimate of drug-likeness (QED) is 0.638. The van der Waals surface area contributed by atoms with Crippen LogP contribution in [0, 0.1) is 6.92 Å². The second-order valence-electron chi connectivity index (χ2n) is 5.98. The molecule has 2 aromatic rings. The smallest absolute Gasteiger partial charge is 0.269 e. The fraction of sp³-hybridized carbons (Fsp3) is 0.250. The van der Waals surface area contributed by atoms with E-state index in [0.29, 0.717) is 23.3 Å². The van der Waals surface area contributed by atoms with Crippen LogP contribution >= 0.6 is 11.8 Å². The van der Waals surface area contributed by atoms with Gasteiger partial charge in [0.1, 0.15) is 6.04 Å². The van der Waals surface area contributed by atoms with Crippen LogP contribution in [-0.4, -0.2) is 35.8 Å². The summed E-state index contributed by atoms with van der Waals surface area (Å²) in [6.45, 7) is 1.93. The maximum absolute atomic E-state index is 12.5. The van der Waals surface area contributed by atoms with E-state index in [2.05, 4.69) is 16.2 Å². The molecule has 0 unspecified atom stereocenters. The van der Waals surface area contributed by atoms with E-state index in [1.807, 2.05) is 31.4 Å². The van der Waals surface area contributed by atoms with Crippen LogP contribution < -0.4 is 16.2 Å². The van der Waals surface area contributed by atoms with Crippen molar-refractivity contribution in [3.05, 3.63) is 71.3 Å². The summed E-state index contributed by atoms with van der Waals surface area (Å²) in [5, 5.41) is 2.72. The predicted molar refractivity (Wildman–Crippen MR) is 107 cm³/mol. The highest BCUT2D eigenvalue weighted by Gasteiger charge is 2.21. The van der Waals surface area contributed by atoms with E-state index in [4.69, 9.17) is 0 Å². The van der Waals surface area contributed by atoms with E-state index in [1.165, 1.54) is 0 Å². The molecule has 0 saturated carbocycles. The van der Waals surface area contributed by atoms with Crippen LogP contribution in [0.5, 0.6) is 0 Å². The lowest BCUT2D eigenvalue weighted by Gasteiger charge is -2.18. The van der Waals surface area contributed by atoms with E-state index in [0.717, 1.165) is 5.56 Å². The monoisotopic (exact) mass is 385 g/mol. The molecule has 3 amide bonds. The van der Waals surface area contributed by atoms with E-state index in [9.17, 15) is 14.4 Å². The van der Waals surface area contributed by atoms with Crippen molar-refractivity contribution in [2.75, 3.05) is 12.0 Å². The van der Waals surface area contributed by atoms with Crippen molar-refractivity contribution < 1.29 is 14.4 Å². The standard InChI is InChI=1S/C20H23N3O3S/c1-14-8-10-16(11-9-14)19(25)22-23-20(26)17(12-13-27-2)21-18(24)15-6-4-3-5-7-15/h3-11,17H,12-13H2,1-2H3,(H,21,24)(H,22,25)(H,23,26)/t17-/m0/s1. The number of hydrazine groups is 1. The lowest BCUT2D eigenvalue weighted by Crippen LogP contribution is -2.52. The Bertz CT molecular complexity index is 779. The van der Waals surface area contributed by atoms with Crippen LogP contribution in [0.4, 0.5) is 0 Å². The summed E-state index contributed by atoms with van der Waals surface area (Å²) in [7, 11) is 0. The Morgan fingerprint density at radius 3 is 2.15 bits per heavy atom. The van der Waals surface area contributed by atoms with Crippen molar-refractivity contribution in [1.82, 2.24) is 16.2 Å². The molecule has 0 aliphatic carbocycles. The Labute approximate surface area is 163 Å². The van der Waals surface area contributed by atoms with Crippen molar-refractivity contribution in [3.8, 4) is 0 Å². The molecule has 0 radical (unpaired) electrons. The van der Waals surface area contributed by atoms with Gasteiger partial charge in [0.15, 0.2) is 0 Å². The van der Waals surface area contributed by atoms with Gasteiger partial charge < -0.3 is 5.32 Å². The first-order valence-corrected chi connectivity index (χ1v) is 9.92. The van der Waals surface area contributed by atoms with E-state index < -0.39 is 17.9 Å². The predicted octanol–water partition coefficient (Wildman–Crippen LogP) is 2.31. The summed E-state index contributed by atoms with van der Waals surface area (Å²) in [5.41, 5.74) is 6.74. The molecule has 0 bridgehead atoms. The number of carbonyl (C=O) groups is 3. The largest absolute Gasteiger partial charge is 0.340 e. The number of rotatable bonds is 7. The van der Waals surface area contributed by atoms with Gasteiger partial charge in [-0.3, -0.25) is 25.2 Å². The highest BCUT2D eigenvalue weighted by Crippen LogP contribution is 2.05. The molecule has 3 N–H and O–H groups in total. The van der Waals surface area contributed by atoms with Gasteiger partial charge in [-0.05, 0) is 49.6 Å². The molecule has 0 aromatic heterocycles. The minimum atomic E-state index is -0.747. The van der Waals surface area contributed by atoms with Gasteiger partial charge in [-0.2, -0.15) is 11.8 Å². The molecule has 0 heterocycles. The van der Waals surface area contributed by atoms with E-state index >= 15 is 0 Å². The molecule has 0 aliphatic heterocycles. The SMILES string of the molecule is CSCC[C@H](NC(=O)c1ccccc1)C(=O)NNC(=O)c1ccc(C)cc1. The first-order valence-electron chi connectivity index (χ1n) is 8.53. The molecule has 1 atom stereocenters. The minimum absolute atomic E-state index is 0.332. The lowest BCUT2D eigenvalue weighted by molar-refractivity contribution is -0.123. The van der Waals surface area contributed by atoms with Crippen LogP contribution in [0.1, 0.15) is 32.7 Å². The number of carbonyl (C=O) groups excluding carboxylic acids is 3. The molecule has 0 aliphatic rings. The summed E-state index contributed by atoms with van der Waals surface area (Å²) in [5.74, 6) is -0.518. The zero-order valence-corrected chi connectivity index (χ0v) is 16.1. The Morgan fingerprint density at radius 1 is 0.889 bits per heavy atom. The second-order valence-corrected chi connectivity index (χ2v) is 6.97. The summed E-state index contributed by atoms with van der Waals surface area (Å²) >= 11 is 1.57. The van der Waals surface area contributed by atoms with Crippen molar-refractivity contribution in [2.45, 2.75) is 19.4 Å². The summed E-state index contributed by atoms with van der Waals surface area (Å²) in [6.07, 6.45) is 2.37. The zero-order valence-electron chi connectivity index (χ0n) is 15.3. The Morgan fingerprint density at radius 2 is 1.52 bits per heavy atom. The van der Waals surface area contributed by atoms with Gasteiger partial charge in [0.2, 0.25) is 0 Å². The van der Waals surface area contributed by atoms with Crippen molar-refractivity contribution in [2.24, 2.45) is 0 Å². The summed E-state index contributed by atoms with van der Waals surface area (Å²) < 4.78 is 0. The number of aryl methyl sites for hydroxylation is 1. The van der Waals surface area contributed by atoms with Gasteiger partial charge in [0, 0.05) is 11.1 Å². The fourth-order valence-corrected chi connectivity index (χ4v) is 2.79. The number of thioether (sulfide) groups is 1. The van der Waals surface area contributed by atoms with Crippen LogP contribution in [0.2, 0.25) is 0 Å². The van der Waals surface area contributed by atoms with Crippen LogP contribution in [0.3, 0.4) is 0 Å². The first kappa shape index (κ1) is 20.5. The Balaban J connectivity index is 1.96. The number of benzene rings is 2. The maximum atomic E-state index is 12.5. The zero-order chi connectivity index (χ0) is 19.6. The maximum Gasteiger partial charge on any atom is 0.269 e. The van der Waals surface area contributed by atoms with Crippen LogP contribution in [-0.2, 0) is 4.79 Å². The van der Waals surface area contributed by atoms with Gasteiger partial charge >= 0.3 is 0 Å². The average molecular weight is 385 g/mol.